The molecule has 3 aromatic rings. The van der Waals surface area contributed by atoms with Gasteiger partial charge in [0.2, 0.25) is 0 Å². The average Bonchev–Trinajstić information content (AvgIpc) is 3.22. The Labute approximate surface area is 158 Å². The first kappa shape index (κ1) is 18.3. The largest absolute Gasteiger partial charge is 0.457 e. The van der Waals surface area contributed by atoms with E-state index in [-0.39, 0.29) is 18.2 Å². The topological polar surface area (TPSA) is 98.5 Å². The predicted molar refractivity (Wildman–Crippen MR) is 101 cm³/mol. The van der Waals surface area contributed by atoms with Crippen molar-refractivity contribution in [2.75, 3.05) is 5.32 Å². The summed E-state index contributed by atoms with van der Waals surface area (Å²) in [7, 11) is 0. The Bertz CT molecular complexity index is 951. The van der Waals surface area contributed by atoms with Crippen molar-refractivity contribution in [1.29, 1.82) is 0 Å². The van der Waals surface area contributed by atoms with Gasteiger partial charge >= 0.3 is 5.97 Å². The van der Waals surface area contributed by atoms with Crippen LogP contribution in [0.5, 0.6) is 0 Å². The number of esters is 1. The molecule has 0 fully saturated rings. The minimum atomic E-state index is -0.524. The van der Waals surface area contributed by atoms with Gasteiger partial charge in [0.25, 0.3) is 11.6 Å². The van der Waals surface area contributed by atoms with Crippen LogP contribution >= 0.6 is 11.3 Å². The third kappa shape index (κ3) is 4.77. The van der Waals surface area contributed by atoms with Crippen molar-refractivity contribution in [3.63, 3.8) is 0 Å². The normalized spacial score (nSPS) is 10.2. The van der Waals surface area contributed by atoms with Gasteiger partial charge in [-0.15, -0.1) is 11.3 Å². The zero-order chi connectivity index (χ0) is 19.2. The second-order valence-electron chi connectivity index (χ2n) is 5.51. The molecular formula is C19H14N2O5S. The summed E-state index contributed by atoms with van der Waals surface area (Å²) in [6.07, 6.45) is 0. The molecule has 0 saturated heterocycles. The molecule has 0 aliphatic carbocycles. The van der Waals surface area contributed by atoms with Crippen LogP contribution in [0.15, 0.2) is 66.0 Å². The maximum absolute atomic E-state index is 12.1. The van der Waals surface area contributed by atoms with E-state index in [2.05, 4.69) is 5.32 Å². The van der Waals surface area contributed by atoms with E-state index < -0.39 is 10.9 Å². The van der Waals surface area contributed by atoms with Gasteiger partial charge < -0.3 is 10.1 Å². The molecule has 3 rings (SSSR count). The number of rotatable bonds is 6. The van der Waals surface area contributed by atoms with E-state index in [1.807, 2.05) is 5.38 Å². The second-order valence-corrected chi connectivity index (χ2v) is 6.46. The molecule has 7 nitrogen and oxygen atoms in total. The van der Waals surface area contributed by atoms with Crippen molar-refractivity contribution in [3.8, 4) is 0 Å². The van der Waals surface area contributed by atoms with E-state index in [1.165, 1.54) is 35.6 Å². The maximum Gasteiger partial charge on any atom is 0.338 e. The van der Waals surface area contributed by atoms with Crippen molar-refractivity contribution < 1.29 is 19.2 Å². The van der Waals surface area contributed by atoms with E-state index in [0.29, 0.717) is 21.7 Å². The first-order chi connectivity index (χ1) is 13.0. The molecule has 2 aromatic carbocycles. The molecule has 1 amide bonds. The number of thiophene rings is 1. The van der Waals surface area contributed by atoms with Gasteiger partial charge in [-0.3, -0.25) is 14.9 Å². The van der Waals surface area contributed by atoms with Crippen LogP contribution in [0.4, 0.5) is 11.4 Å². The Balaban J connectivity index is 1.55. The molecule has 27 heavy (non-hydrogen) atoms. The van der Waals surface area contributed by atoms with Crippen molar-refractivity contribution in [1.82, 2.24) is 0 Å². The van der Waals surface area contributed by atoms with Gasteiger partial charge in [-0.2, -0.15) is 0 Å². The number of hydrogen-bond donors (Lipinski definition) is 1. The summed E-state index contributed by atoms with van der Waals surface area (Å²) in [5.41, 5.74) is 1.53. The molecule has 0 aliphatic rings. The minimum Gasteiger partial charge on any atom is -0.457 e. The van der Waals surface area contributed by atoms with Crippen LogP contribution in [-0.4, -0.2) is 16.8 Å². The monoisotopic (exact) mass is 382 g/mol. The molecule has 1 heterocycles. The molecule has 0 aliphatic heterocycles. The van der Waals surface area contributed by atoms with Crippen molar-refractivity contribution in [3.05, 3.63) is 92.2 Å². The molecule has 8 heteroatoms. The van der Waals surface area contributed by atoms with Crippen LogP contribution in [0.2, 0.25) is 0 Å². The summed E-state index contributed by atoms with van der Waals surface area (Å²) in [6.45, 7) is 0.00763. The van der Waals surface area contributed by atoms with E-state index in [1.54, 1.807) is 36.4 Å². The number of non-ortho nitro benzene ring substituents is 1. The molecule has 0 radical (unpaired) electrons. The van der Waals surface area contributed by atoms with E-state index >= 15 is 0 Å². The van der Waals surface area contributed by atoms with Crippen LogP contribution in [0.25, 0.3) is 0 Å². The van der Waals surface area contributed by atoms with Crippen LogP contribution < -0.4 is 5.32 Å². The summed E-state index contributed by atoms with van der Waals surface area (Å²) >= 11 is 1.34. The Kier molecular flexibility index (Phi) is 5.58. The quantitative estimate of drug-likeness (QED) is 0.390. The number of carbonyl (C=O) groups excluding carboxylic acids is 2. The lowest BCUT2D eigenvalue weighted by Gasteiger charge is -2.07. The second kappa shape index (κ2) is 8.24. The fourth-order valence-corrected chi connectivity index (χ4v) is 2.86. The highest BCUT2D eigenvalue weighted by Crippen LogP contribution is 2.16. The Morgan fingerprint density at radius 3 is 2.33 bits per heavy atom. The predicted octanol–water partition coefficient (Wildman–Crippen LogP) is 4.27. The minimum absolute atomic E-state index is 0.00763. The lowest BCUT2D eigenvalue weighted by molar-refractivity contribution is -0.384. The number of benzene rings is 2. The Morgan fingerprint density at radius 1 is 1.04 bits per heavy atom. The third-order valence-corrected chi connectivity index (χ3v) is 4.51. The van der Waals surface area contributed by atoms with Gasteiger partial charge in [-0.25, -0.2) is 4.79 Å². The lowest BCUT2D eigenvalue weighted by atomic mass is 10.2. The van der Waals surface area contributed by atoms with Gasteiger partial charge in [-0.1, -0.05) is 6.07 Å². The van der Waals surface area contributed by atoms with Crippen LogP contribution in [-0.2, 0) is 11.3 Å². The maximum atomic E-state index is 12.1. The number of amides is 1. The highest BCUT2D eigenvalue weighted by Gasteiger charge is 2.10. The number of ether oxygens (including phenoxy) is 1. The Hall–Kier alpha value is -3.52. The first-order valence-corrected chi connectivity index (χ1v) is 8.76. The van der Waals surface area contributed by atoms with Crippen LogP contribution in [0, 0.1) is 10.1 Å². The van der Waals surface area contributed by atoms with Gasteiger partial charge in [-0.05, 0) is 53.4 Å². The number of anilines is 1. The number of nitro groups is 1. The number of nitro benzene ring substituents is 1. The van der Waals surface area contributed by atoms with Gasteiger partial charge in [0.1, 0.15) is 6.61 Å². The molecule has 0 saturated carbocycles. The molecule has 0 unspecified atom stereocenters. The fraction of sp³-hybridized carbons (Fsp3) is 0.0526. The summed E-state index contributed by atoms with van der Waals surface area (Å²) in [4.78, 5) is 34.8. The van der Waals surface area contributed by atoms with E-state index in [9.17, 15) is 19.7 Å². The Morgan fingerprint density at radius 2 is 1.74 bits per heavy atom. The molecule has 0 bridgehead atoms. The molecule has 136 valence electrons. The highest BCUT2D eigenvalue weighted by molar-refractivity contribution is 7.12. The highest BCUT2D eigenvalue weighted by atomic mass is 32.1. The zero-order valence-corrected chi connectivity index (χ0v) is 14.8. The van der Waals surface area contributed by atoms with Gasteiger partial charge in [0.05, 0.1) is 15.4 Å². The van der Waals surface area contributed by atoms with Crippen molar-refractivity contribution >= 4 is 34.6 Å². The summed E-state index contributed by atoms with van der Waals surface area (Å²) < 4.78 is 5.20. The van der Waals surface area contributed by atoms with Crippen LogP contribution in [0.1, 0.15) is 25.6 Å². The standard InChI is InChI=1S/C19H14N2O5S/c22-18(17-2-1-11-27-17)20-15-7-5-14(6-8-15)19(23)26-12-13-3-9-16(10-4-13)21(24)25/h1-11H,12H2,(H,20,22). The van der Waals surface area contributed by atoms with Gasteiger partial charge in [0, 0.05) is 17.8 Å². The molecule has 1 N–H and O–H groups in total. The van der Waals surface area contributed by atoms with Crippen molar-refractivity contribution in [2.24, 2.45) is 0 Å². The summed E-state index contributed by atoms with van der Waals surface area (Å²) in [5.74, 6) is -0.733. The SMILES string of the molecule is O=C(OCc1ccc([N+](=O)[O-])cc1)c1ccc(NC(=O)c2cccs2)cc1. The summed E-state index contributed by atoms with van der Waals surface area (Å²) in [5, 5.41) is 15.2. The number of carbonyl (C=O) groups is 2. The van der Waals surface area contributed by atoms with Crippen molar-refractivity contribution in [2.45, 2.75) is 6.61 Å². The average molecular weight is 382 g/mol. The lowest BCUT2D eigenvalue weighted by Crippen LogP contribution is -2.10. The third-order valence-electron chi connectivity index (χ3n) is 3.64. The molecule has 1 aromatic heterocycles. The van der Waals surface area contributed by atoms with E-state index in [4.69, 9.17) is 4.74 Å². The molecule has 0 atom stereocenters. The number of nitrogens with one attached hydrogen (secondary N) is 1. The smallest absolute Gasteiger partial charge is 0.338 e. The summed E-state index contributed by atoms with van der Waals surface area (Å²) in [6, 6.07) is 15.7. The number of nitrogens with zero attached hydrogens (tertiary/aromatic N) is 1. The number of hydrogen-bond acceptors (Lipinski definition) is 6. The first-order valence-electron chi connectivity index (χ1n) is 7.88. The molecular weight excluding hydrogens is 368 g/mol. The molecule has 0 spiro atoms. The fourth-order valence-electron chi connectivity index (χ4n) is 2.24. The van der Waals surface area contributed by atoms with E-state index in [0.717, 1.165) is 0 Å². The van der Waals surface area contributed by atoms with Gasteiger partial charge in [0.15, 0.2) is 0 Å². The zero-order valence-electron chi connectivity index (χ0n) is 14.0. The van der Waals surface area contributed by atoms with Crippen LogP contribution in [0.3, 0.4) is 0 Å².